The van der Waals surface area contributed by atoms with Gasteiger partial charge in [0.25, 0.3) is 0 Å². The lowest BCUT2D eigenvalue weighted by atomic mass is 10.2. The highest BCUT2D eigenvalue weighted by Crippen LogP contribution is 2.31. The second kappa shape index (κ2) is 4.38. The zero-order valence-electron chi connectivity index (χ0n) is 8.10. The number of hydrogen-bond acceptors (Lipinski definition) is 2. The van der Waals surface area contributed by atoms with E-state index in [0.29, 0.717) is 0 Å². The minimum atomic E-state index is 1.01. The molecule has 0 aliphatic carbocycles. The summed E-state index contributed by atoms with van der Waals surface area (Å²) in [6.07, 6.45) is 4.28. The highest BCUT2D eigenvalue weighted by atomic mass is 32.2. The Bertz CT molecular complexity index is 354. The fourth-order valence-corrected chi connectivity index (χ4v) is 2.13. The standard InChI is InChI=1S/C12H12NS/c1-2-13-8-9-14-12(10-13)11-6-4-3-5-7-11/h4-10H,2H2,1H3. The molecule has 71 valence electrons. The van der Waals surface area contributed by atoms with Crippen molar-refractivity contribution in [1.29, 1.82) is 0 Å². The summed E-state index contributed by atoms with van der Waals surface area (Å²) in [6, 6.07) is 11.1. The molecule has 0 spiro atoms. The van der Waals surface area contributed by atoms with Gasteiger partial charge in [-0.15, -0.1) is 0 Å². The van der Waals surface area contributed by atoms with E-state index in [4.69, 9.17) is 0 Å². The summed E-state index contributed by atoms with van der Waals surface area (Å²) in [5, 5.41) is 2.12. The number of hydrogen-bond donors (Lipinski definition) is 0. The normalized spacial score (nSPS) is 15.5. The lowest BCUT2D eigenvalue weighted by Gasteiger charge is -2.19. The Morgan fingerprint density at radius 1 is 1.36 bits per heavy atom. The van der Waals surface area contributed by atoms with Crippen molar-refractivity contribution in [3.63, 3.8) is 0 Å². The summed E-state index contributed by atoms with van der Waals surface area (Å²) < 4.78 is 0. The molecule has 1 aromatic rings. The van der Waals surface area contributed by atoms with Crippen molar-refractivity contribution in [3.05, 3.63) is 53.7 Å². The predicted molar refractivity (Wildman–Crippen MR) is 62.4 cm³/mol. The van der Waals surface area contributed by atoms with Crippen molar-refractivity contribution in [2.45, 2.75) is 6.92 Å². The van der Waals surface area contributed by atoms with Crippen LogP contribution in [0.1, 0.15) is 12.5 Å². The summed E-state index contributed by atoms with van der Waals surface area (Å²) in [6.45, 7) is 3.16. The summed E-state index contributed by atoms with van der Waals surface area (Å²) in [7, 11) is 0. The van der Waals surface area contributed by atoms with Gasteiger partial charge in [0.15, 0.2) is 0 Å². The first-order valence-corrected chi connectivity index (χ1v) is 5.55. The fourth-order valence-electron chi connectivity index (χ4n) is 1.30. The molecule has 0 saturated carbocycles. The molecule has 1 aromatic carbocycles. The smallest absolute Gasteiger partial charge is 0.0351 e. The molecule has 1 heterocycles. The highest BCUT2D eigenvalue weighted by Gasteiger charge is 2.05. The third-order valence-corrected chi connectivity index (χ3v) is 2.95. The van der Waals surface area contributed by atoms with Crippen LogP contribution >= 0.6 is 11.8 Å². The van der Waals surface area contributed by atoms with Gasteiger partial charge in [-0.25, -0.2) is 0 Å². The molecular formula is C12H12NS. The number of benzene rings is 1. The van der Waals surface area contributed by atoms with Gasteiger partial charge in [0, 0.05) is 23.8 Å². The van der Waals surface area contributed by atoms with E-state index < -0.39 is 0 Å². The van der Waals surface area contributed by atoms with Crippen molar-refractivity contribution < 1.29 is 0 Å². The molecule has 1 nitrogen and oxygen atoms in total. The van der Waals surface area contributed by atoms with Gasteiger partial charge in [0.1, 0.15) is 0 Å². The first-order chi connectivity index (χ1) is 6.90. The SMILES string of the molecule is CCN1C=CSC(c2cc[c]cc2)=C1. The highest BCUT2D eigenvalue weighted by molar-refractivity contribution is 8.10. The molecule has 0 amide bonds. The average molecular weight is 202 g/mol. The van der Waals surface area contributed by atoms with Gasteiger partial charge in [-0.05, 0) is 24.0 Å². The number of nitrogens with zero attached hydrogens (tertiary/aromatic N) is 1. The van der Waals surface area contributed by atoms with E-state index in [1.165, 1.54) is 10.5 Å². The van der Waals surface area contributed by atoms with Crippen molar-refractivity contribution >= 4 is 16.7 Å². The Hall–Kier alpha value is -1.15. The van der Waals surface area contributed by atoms with Gasteiger partial charge >= 0.3 is 0 Å². The van der Waals surface area contributed by atoms with E-state index >= 15 is 0 Å². The molecule has 0 fully saturated rings. The Labute approximate surface area is 89.1 Å². The fraction of sp³-hybridized carbons (Fsp3) is 0.167. The van der Waals surface area contributed by atoms with E-state index in [2.05, 4.69) is 47.8 Å². The second-order valence-corrected chi connectivity index (χ2v) is 3.96. The third-order valence-electron chi connectivity index (χ3n) is 2.10. The Morgan fingerprint density at radius 2 is 2.14 bits per heavy atom. The molecule has 1 aliphatic heterocycles. The van der Waals surface area contributed by atoms with Gasteiger partial charge < -0.3 is 4.90 Å². The van der Waals surface area contributed by atoms with Crippen LogP contribution in [0.25, 0.3) is 4.91 Å². The van der Waals surface area contributed by atoms with E-state index in [0.717, 1.165) is 6.54 Å². The Morgan fingerprint density at radius 3 is 2.86 bits per heavy atom. The minimum Gasteiger partial charge on any atom is -0.353 e. The molecule has 14 heavy (non-hydrogen) atoms. The minimum absolute atomic E-state index is 1.01. The van der Waals surface area contributed by atoms with Gasteiger partial charge in [-0.1, -0.05) is 36.0 Å². The zero-order valence-corrected chi connectivity index (χ0v) is 8.92. The van der Waals surface area contributed by atoms with E-state index in [1.54, 1.807) is 11.8 Å². The zero-order chi connectivity index (χ0) is 9.80. The number of rotatable bonds is 2. The van der Waals surface area contributed by atoms with Crippen molar-refractivity contribution in [1.82, 2.24) is 4.90 Å². The lowest BCUT2D eigenvalue weighted by Crippen LogP contribution is -2.10. The van der Waals surface area contributed by atoms with Crippen molar-refractivity contribution in [3.8, 4) is 0 Å². The van der Waals surface area contributed by atoms with E-state index in [9.17, 15) is 0 Å². The summed E-state index contributed by atoms with van der Waals surface area (Å²) >= 11 is 1.76. The average Bonchev–Trinajstić information content (AvgIpc) is 2.30. The topological polar surface area (TPSA) is 3.24 Å². The largest absolute Gasteiger partial charge is 0.353 e. The first kappa shape index (κ1) is 9.41. The van der Waals surface area contributed by atoms with Crippen LogP contribution in [-0.4, -0.2) is 11.4 Å². The van der Waals surface area contributed by atoms with Crippen LogP contribution in [0.4, 0.5) is 0 Å². The summed E-state index contributed by atoms with van der Waals surface area (Å²) in [5.41, 5.74) is 1.26. The van der Waals surface area contributed by atoms with Crippen LogP contribution in [0.15, 0.2) is 42.1 Å². The molecule has 0 aromatic heterocycles. The molecular weight excluding hydrogens is 190 g/mol. The van der Waals surface area contributed by atoms with Crippen LogP contribution in [-0.2, 0) is 0 Å². The molecule has 1 radical (unpaired) electrons. The lowest BCUT2D eigenvalue weighted by molar-refractivity contribution is 0.539. The Kier molecular flexibility index (Phi) is 2.94. The third kappa shape index (κ3) is 2.02. The van der Waals surface area contributed by atoms with Crippen molar-refractivity contribution in [2.24, 2.45) is 0 Å². The molecule has 0 atom stereocenters. The maximum Gasteiger partial charge on any atom is 0.0351 e. The first-order valence-electron chi connectivity index (χ1n) is 4.67. The quantitative estimate of drug-likeness (QED) is 0.723. The van der Waals surface area contributed by atoms with Crippen LogP contribution in [0.2, 0.25) is 0 Å². The molecule has 2 heteroatoms. The van der Waals surface area contributed by atoms with Crippen LogP contribution in [0.5, 0.6) is 0 Å². The summed E-state index contributed by atoms with van der Waals surface area (Å²) in [4.78, 5) is 3.48. The molecule has 2 rings (SSSR count). The predicted octanol–water partition coefficient (Wildman–Crippen LogP) is 3.33. The molecule has 0 bridgehead atoms. The molecule has 1 aliphatic rings. The van der Waals surface area contributed by atoms with Gasteiger partial charge in [0.2, 0.25) is 0 Å². The van der Waals surface area contributed by atoms with Gasteiger partial charge in [-0.2, -0.15) is 0 Å². The van der Waals surface area contributed by atoms with E-state index in [-0.39, 0.29) is 0 Å². The Balaban J connectivity index is 2.24. The number of thioether (sulfide) groups is 1. The maximum atomic E-state index is 3.03. The molecule has 0 unspecified atom stereocenters. The van der Waals surface area contributed by atoms with Crippen LogP contribution < -0.4 is 0 Å². The monoisotopic (exact) mass is 202 g/mol. The second-order valence-electron chi connectivity index (χ2n) is 3.02. The molecule has 0 N–H and O–H groups in total. The van der Waals surface area contributed by atoms with Crippen LogP contribution in [0, 0.1) is 6.07 Å². The van der Waals surface area contributed by atoms with Crippen molar-refractivity contribution in [2.75, 3.05) is 6.54 Å². The molecule has 0 saturated heterocycles. The van der Waals surface area contributed by atoms with Gasteiger partial charge in [0.05, 0.1) is 0 Å². The van der Waals surface area contributed by atoms with Gasteiger partial charge in [-0.3, -0.25) is 0 Å². The summed E-state index contributed by atoms with van der Waals surface area (Å²) in [5.74, 6) is 0. The van der Waals surface area contributed by atoms with E-state index in [1.807, 2.05) is 12.1 Å². The maximum absolute atomic E-state index is 3.03. The van der Waals surface area contributed by atoms with Crippen LogP contribution in [0.3, 0.4) is 0 Å².